The number of hydrogen-bond donors (Lipinski definition) is 2. The van der Waals surface area contributed by atoms with Gasteiger partial charge in [-0.1, -0.05) is 48.5 Å². The van der Waals surface area contributed by atoms with Crippen LogP contribution >= 0.6 is 0 Å². The monoisotopic (exact) mass is 431 g/mol. The summed E-state index contributed by atoms with van der Waals surface area (Å²) < 4.78 is 5.24. The van der Waals surface area contributed by atoms with Crippen molar-refractivity contribution in [1.29, 1.82) is 0 Å². The zero-order valence-electron chi connectivity index (χ0n) is 18.3. The van der Waals surface area contributed by atoms with Crippen LogP contribution in [0.15, 0.2) is 66.7 Å². The smallest absolute Gasteiger partial charge is 0.237 e. The van der Waals surface area contributed by atoms with Crippen LogP contribution in [-0.4, -0.2) is 49.5 Å². The maximum atomic E-state index is 12.6. The maximum absolute atomic E-state index is 12.6. The first-order valence-corrected chi connectivity index (χ1v) is 11.0. The van der Waals surface area contributed by atoms with E-state index in [-0.39, 0.29) is 18.2 Å². The third-order valence-corrected chi connectivity index (χ3v) is 5.89. The summed E-state index contributed by atoms with van der Waals surface area (Å²) >= 11 is 0. The van der Waals surface area contributed by atoms with Crippen LogP contribution in [0, 0.1) is 0 Å². The summed E-state index contributed by atoms with van der Waals surface area (Å²) in [6, 6.07) is 21.9. The molecule has 0 aromatic heterocycles. The minimum Gasteiger partial charge on any atom is -0.497 e. The fourth-order valence-electron chi connectivity index (χ4n) is 4.17. The highest BCUT2D eigenvalue weighted by atomic mass is 16.5. The Morgan fingerprint density at radius 1 is 1.06 bits per heavy atom. The molecule has 1 aliphatic rings. The van der Waals surface area contributed by atoms with Gasteiger partial charge in [-0.2, -0.15) is 0 Å². The van der Waals surface area contributed by atoms with E-state index in [1.807, 2.05) is 36.4 Å². The third kappa shape index (κ3) is 5.45. The standard InChI is InChI=1S/C26H29N3O3/c1-32-23-8-4-5-19(16-23)11-12-27-25(30)17-24-26(31)28-13-14-29(24)18-20-9-10-21-6-2-3-7-22(21)15-20/h2-10,15-16,24H,11-14,17-18H2,1H3,(H,27,30)(H,28,31). The summed E-state index contributed by atoms with van der Waals surface area (Å²) in [7, 11) is 1.64. The molecule has 2 N–H and O–H groups in total. The van der Waals surface area contributed by atoms with Crippen molar-refractivity contribution in [2.75, 3.05) is 26.7 Å². The molecule has 1 unspecified atom stereocenters. The first-order chi connectivity index (χ1) is 15.6. The number of fused-ring (bicyclic) bond motifs is 1. The average molecular weight is 432 g/mol. The van der Waals surface area contributed by atoms with Gasteiger partial charge in [-0.05, 0) is 46.5 Å². The topological polar surface area (TPSA) is 70.7 Å². The Bertz CT molecular complexity index is 1100. The zero-order chi connectivity index (χ0) is 22.3. The summed E-state index contributed by atoms with van der Waals surface area (Å²) in [6.07, 6.45) is 0.859. The van der Waals surface area contributed by atoms with Gasteiger partial charge in [0.1, 0.15) is 5.75 Å². The predicted octanol–water partition coefficient (Wildman–Crippen LogP) is 2.90. The van der Waals surface area contributed by atoms with Gasteiger partial charge in [0.05, 0.1) is 19.6 Å². The van der Waals surface area contributed by atoms with E-state index in [0.29, 0.717) is 26.1 Å². The second kappa shape index (κ2) is 10.3. The summed E-state index contributed by atoms with van der Waals surface area (Å²) in [5, 5.41) is 8.23. The molecule has 3 aromatic carbocycles. The number of hydrogen-bond acceptors (Lipinski definition) is 4. The molecule has 3 aromatic rings. The summed E-state index contributed by atoms with van der Waals surface area (Å²) in [5.41, 5.74) is 2.24. The fraction of sp³-hybridized carbons (Fsp3) is 0.308. The van der Waals surface area contributed by atoms with Crippen molar-refractivity contribution in [3.63, 3.8) is 0 Å². The molecule has 1 heterocycles. The zero-order valence-corrected chi connectivity index (χ0v) is 18.3. The van der Waals surface area contributed by atoms with Crippen LogP contribution in [0.4, 0.5) is 0 Å². The summed E-state index contributed by atoms with van der Waals surface area (Å²) in [6.45, 7) is 2.48. The number of ether oxygens (including phenoxy) is 1. The number of benzene rings is 3. The Morgan fingerprint density at radius 3 is 2.75 bits per heavy atom. The molecule has 166 valence electrons. The largest absolute Gasteiger partial charge is 0.497 e. The van der Waals surface area contributed by atoms with Crippen molar-refractivity contribution in [3.05, 3.63) is 77.9 Å². The SMILES string of the molecule is COc1cccc(CCNC(=O)CC2C(=O)NCCN2Cc2ccc3ccccc3c2)c1. The molecule has 32 heavy (non-hydrogen) atoms. The molecule has 0 aliphatic carbocycles. The minimum atomic E-state index is -0.466. The van der Waals surface area contributed by atoms with Gasteiger partial charge in [0, 0.05) is 26.2 Å². The Hall–Kier alpha value is -3.38. The molecule has 6 heteroatoms. The van der Waals surface area contributed by atoms with Gasteiger partial charge in [0.25, 0.3) is 0 Å². The number of nitrogens with one attached hydrogen (secondary N) is 2. The highest BCUT2D eigenvalue weighted by Gasteiger charge is 2.31. The van der Waals surface area contributed by atoms with Crippen molar-refractivity contribution < 1.29 is 14.3 Å². The highest BCUT2D eigenvalue weighted by Crippen LogP contribution is 2.19. The number of amides is 2. The van der Waals surface area contributed by atoms with Gasteiger partial charge in [-0.3, -0.25) is 14.5 Å². The number of carbonyl (C=O) groups excluding carboxylic acids is 2. The third-order valence-electron chi connectivity index (χ3n) is 5.89. The number of nitrogens with zero attached hydrogens (tertiary/aromatic N) is 1. The first kappa shape index (κ1) is 21.8. The summed E-state index contributed by atoms with van der Waals surface area (Å²) in [4.78, 5) is 27.3. The number of piperazine rings is 1. The fourth-order valence-corrected chi connectivity index (χ4v) is 4.17. The van der Waals surface area contributed by atoms with Crippen LogP contribution in [0.5, 0.6) is 5.75 Å². The van der Waals surface area contributed by atoms with E-state index >= 15 is 0 Å². The molecule has 1 saturated heterocycles. The maximum Gasteiger partial charge on any atom is 0.237 e. The van der Waals surface area contributed by atoms with Crippen molar-refractivity contribution in [3.8, 4) is 5.75 Å². The molecule has 6 nitrogen and oxygen atoms in total. The second-order valence-corrected chi connectivity index (χ2v) is 8.11. The van der Waals surface area contributed by atoms with Crippen molar-refractivity contribution in [1.82, 2.24) is 15.5 Å². The number of carbonyl (C=O) groups is 2. The Labute approximate surface area is 188 Å². The Balaban J connectivity index is 1.35. The van der Waals surface area contributed by atoms with E-state index < -0.39 is 6.04 Å². The van der Waals surface area contributed by atoms with E-state index in [9.17, 15) is 9.59 Å². The molecule has 4 rings (SSSR count). The molecule has 0 radical (unpaired) electrons. The van der Waals surface area contributed by atoms with Gasteiger partial charge in [0.2, 0.25) is 11.8 Å². The van der Waals surface area contributed by atoms with E-state index in [1.165, 1.54) is 10.8 Å². The molecule has 0 saturated carbocycles. The minimum absolute atomic E-state index is 0.0833. The lowest BCUT2D eigenvalue weighted by Gasteiger charge is -2.34. The Kier molecular flexibility index (Phi) is 7.02. The normalized spacial score (nSPS) is 16.5. The lowest BCUT2D eigenvalue weighted by atomic mass is 10.0. The first-order valence-electron chi connectivity index (χ1n) is 11.0. The molecular weight excluding hydrogens is 402 g/mol. The van der Waals surface area contributed by atoms with Crippen LogP contribution < -0.4 is 15.4 Å². The summed E-state index contributed by atoms with van der Waals surface area (Å²) in [5.74, 6) is 0.607. The molecule has 1 fully saturated rings. The predicted molar refractivity (Wildman–Crippen MR) is 125 cm³/mol. The highest BCUT2D eigenvalue weighted by molar-refractivity contribution is 5.89. The van der Waals surface area contributed by atoms with Crippen LogP contribution in [0.1, 0.15) is 17.5 Å². The lowest BCUT2D eigenvalue weighted by molar-refractivity contribution is -0.134. The van der Waals surface area contributed by atoms with Gasteiger partial charge >= 0.3 is 0 Å². The van der Waals surface area contributed by atoms with E-state index in [2.05, 4.69) is 45.9 Å². The molecule has 0 bridgehead atoms. The average Bonchev–Trinajstić information content (AvgIpc) is 2.81. The van der Waals surface area contributed by atoms with Crippen LogP contribution in [0.25, 0.3) is 10.8 Å². The van der Waals surface area contributed by atoms with Crippen LogP contribution in [0.3, 0.4) is 0 Å². The molecule has 2 amide bonds. The lowest BCUT2D eigenvalue weighted by Crippen LogP contribution is -2.56. The quantitative estimate of drug-likeness (QED) is 0.575. The Morgan fingerprint density at radius 2 is 1.91 bits per heavy atom. The van der Waals surface area contributed by atoms with Gasteiger partial charge < -0.3 is 15.4 Å². The second-order valence-electron chi connectivity index (χ2n) is 8.11. The van der Waals surface area contributed by atoms with Crippen molar-refractivity contribution in [2.24, 2.45) is 0 Å². The van der Waals surface area contributed by atoms with E-state index in [4.69, 9.17) is 4.74 Å². The van der Waals surface area contributed by atoms with Gasteiger partial charge in [-0.25, -0.2) is 0 Å². The van der Waals surface area contributed by atoms with Crippen LogP contribution in [-0.2, 0) is 22.6 Å². The number of rotatable bonds is 8. The molecular formula is C26H29N3O3. The van der Waals surface area contributed by atoms with Gasteiger partial charge in [-0.15, -0.1) is 0 Å². The molecule has 1 atom stereocenters. The van der Waals surface area contributed by atoms with Crippen molar-refractivity contribution in [2.45, 2.75) is 25.4 Å². The van der Waals surface area contributed by atoms with Crippen molar-refractivity contribution >= 4 is 22.6 Å². The number of methoxy groups -OCH3 is 1. The molecule has 0 spiro atoms. The van der Waals surface area contributed by atoms with Crippen LogP contribution in [0.2, 0.25) is 0 Å². The van der Waals surface area contributed by atoms with Gasteiger partial charge in [0.15, 0.2) is 0 Å². The van der Waals surface area contributed by atoms with E-state index in [0.717, 1.165) is 23.4 Å². The van der Waals surface area contributed by atoms with E-state index in [1.54, 1.807) is 7.11 Å². The molecule has 1 aliphatic heterocycles.